The molecule has 0 aromatic heterocycles. The SMILES string of the molecule is CS(=O)(=O)c1ccc(C(=O)Nc2cccc(CCl)c2)cc1. The van der Waals surface area contributed by atoms with Gasteiger partial charge in [0.25, 0.3) is 5.91 Å². The van der Waals surface area contributed by atoms with Crippen molar-refractivity contribution in [2.24, 2.45) is 0 Å². The van der Waals surface area contributed by atoms with E-state index in [1.165, 1.54) is 24.3 Å². The lowest BCUT2D eigenvalue weighted by atomic mass is 10.2. The first-order chi connectivity index (χ1) is 9.90. The molecule has 0 fully saturated rings. The van der Waals surface area contributed by atoms with E-state index in [9.17, 15) is 13.2 Å². The number of sulfone groups is 1. The molecule has 0 bridgehead atoms. The maximum Gasteiger partial charge on any atom is 0.255 e. The van der Waals surface area contributed by atoms with E-state index >= 15 is 0 Å². The van der Waals surface area contributed by atoms with Crippen molar-refractivity contribution >= 4 is 33.0 Å². The number of anilines is 1. The molecular formula is C15H14ClNO3S. The second kappa shape index (κ2) is 6.28. The molecule has 1 N–H and O–H groups in total. The number of alkyl halides is 1. The average Bonchev–Trinajstić information content (AvgIpc) is 2.46. The molecule has 0 radical (unpaired) electrons. The minimum Gasteiger partial charge on any atom is -0.322 e. The molecule has 0 saturated heterocycles. The molecule has 110 valence electrons. The number of amides is 1. The van der Waals surface area contributed by atoms with Gasteiger partial charge in [-0.05, 0) is 42.0 Å². The zero-order valence-corrected chi connectivity index (χ0v) is 12.9. The molecule has 2 aromatic rings. The lowest BCUT2D eigenvalue weighted by Crippen LogP contribution is -2.12. The number of halogens is 1. The summed E-state index contributed by atoms with van der Waals surface area (Å²) in [5.41, 5.74) is 1.94. The third-order valence-corrected chi connectivity index (χ3v) is 4.32. The number of rotatable bonds is 4. The Morgan fingerprint density at radius 3 is 2.38 bits per heavy atom. The number of carbonyl (C=O) groups excluding carboxylic acids is 1. The number of nitrogens with one attached hydrogen (secondary N) is 1. The highest BCUT2D eigenvalue weighted by Gasteiger charge is 2.10. The molecule has 0 spiro atoms. The third-order valence-electron chi connectivity index (χ3n) is 2.88. The van der Waals surface area contributed by atoms with Crippen molar-refractivity contribution < 1.29 is 13.2 Å². The van der Waals surface area contributed by atoms with E-state index in [0.717, 1.165) is 11.8 Å². The van der Waals surface area contributed by atoms with Gasteiger partial charge in [0.15, 0.2) is 9.84 Å². The average molecular weight is 324 g/mol. The number of hydrogen-bond acceptors (Lipinski definition) is 3. The van der Waals surface area contributed by atoms with E-state index in [2.05, 4.69) is 5.32 Å². The summed E-state index contributed by atoms with van der Waals surface area (Å²) in [7, 11) is -3.26. The molecule has 2 rings (SSSR count). The summed E-state index contributed by atoms with van der Waals surface area (Å²) in [4.78, 5) is 12.3. The van der Waals surface area contributed by atoms with Gasteiger partial charge in [-0.25, -0.2) is 8.42 Å². The van der Waals surface area contributed by atoms with Crippen LogP contribution in [0.4, 0.5) is 5.69 Å². The van der Waals surface area contributed by atoms with Crippen LogP contribution in [0.1, 0.15) is 15.9 Å². The zero-order valence-electron chi connectivity index (χ0n) is 11.3. The van der Waals surface area contributed by atoms with Crippen LogP contribution in [0.3, 0.4) is 0 Å². The largest absolute Gasteiger partial charge is 0.322 e. The zero-order chi connectivity index (χ0) is 15.5. The van der Waals surface area contributed by atoms with E-state index in [1.807, 2.05) is 6.07 Å². The third kappa shape index (κ3) is 4.06. The molecule has 2 aromatic carbocycles. The maximum atomic E-state index is 12.1. The Bertz CT molecular complexity index is 755. The van der Waals surface area contributed by atoms with E-state index in [1.54, 1.807) is 18.2 Å². The quantitative estimate of drug-likeness (QED) is 0.879. The molecule has 0 aliphatic rings. The van der Waals surface area contributed by atoms with Crippen molar-refractivity contribution in [3.05, 3.63) is 59.7 Å². The van der Waals surface area contributed by atoms with E-state index in [0.29, 0.717) is 17.1 Å². The van der Waals surface area contributed by atoms with Crippen molar-refractivity contribution in [3.63, 3.8) is 0 Å². The van der Waals surface area contributed by atoms with Crippen LogP contribution >= 0.6 is 11.6 Å². The van der Waals surface area contributed by atoms with Gasteiger partial charge < -0.3 is 5.32 Å². The summed E-state index contributed by atoms with van der Waals surface area (Å²) in [5, 5.41) is 2.74. The van der Waals surface area contributed by atoms with Crippen molar-refractivity contribution in [1.82, 2.24) is 0 Å². The van der Waals surface area contributed by atoms with Gasteiger partial charge in [-0.15, -0.1) is 11.6 Å². The Morgan fingerprint density at radius 1 is 1.14 bits per heavy atom. The van der Waals surface area contributed by atoms with Crippen molar-refractivity contribution in [3.8, 4) is 0 Å². The number of carbonyl (C=O) groups is 1. The smallest absolute Gasteiger partial charge is 0.255 e. The highest BCUT2D eigenvalue weighted by Crippen LogP contribution is 2.15. The molecular weight excluding hydrogens is 310 g/mol. The molecule has 4 nitrogen and oxygen atoms in total. The van der Waals surface area contributed by atoms with E-state index in [-0.39, 0.29) is 10.8 Å². The van der Waals surface area contributed by atoms with Crippen molar-refractivity contribution in [2.45, 2.75) is 10.8 Å². The molecule has 21 heavy (non-hydrogen) atoms. The fourth-order valence-electron chi connectivity index (χ4n) is 1.79. The summed E-state index contributed by atoms with van der Waals surface area (Å²) in [6, 6.07) is 13.0. The van der Waals surface area contributed by atoms with Crippen molar-refractivity contribution in [1.29, 1.82) is 0 Å². The van der Waals surface area contributed by atoms with Gasteiger partial charge in [-0.1, -0.05) is 12.1 Å². The molecule has 0 saturated carbocycles. The minimum absolute atomic E-state index is 0.184. The standard InChI is InChI=1S/C15H14ClNO3S/c1-21(19,20)14-7-5-12(6-8-14)15(18)17-13-4-2-3-11(9-13)10-16/h2-9H,10H2,1H3,(H,17,18). The fourth-order valence-corrected chi connectivity index (χ4v) is 2.59. The van der Waals surface area contributed by atoms with Crippen LogP contribution in [-0.4, -0.2) is 20.6 Å². The van der Waals surface area contributed by atoms with Gasteiger partial charge in [-0.3, -0.25) is 4.79 Å². The van der Waals surface area contributed by atoms with E-state index < -0.39 is 9.84 Å². The maximum absolute atomic E-state index is 12.1. The van der Waals surface area contributed by atoms with Gasteiger partial charge in [0.2, 0.25) is 0 Å². The molecule has 6 heteroatoms. The summed E-state index contributed by atoms with van der Waals surface area (Å²) in [5.74, 6) is 0.0639. The van der Waals surface area contributed by atoms with Crippen LogP contribution in [-0.2, 0) is 15.7 Å². The van der Waals surface area contributed by atoms with Gasteiger partial charge >= 0.3 is 0 Å². The normalized spacial score (nSPS) is 11.1. The van der Waals surface area contributed by atoms with Crippen molar-refractivity contribution in [2.75, 3.05) is 11.6 Å². The molecule has 0 aliphatic carbocycles. The Hall–Kier alpha value is -1.85. The monoisotopic (exact) mass is 323 g/mol. The summed E-state index contributed by atoms with van der Waals surface area (Å²) >= 11 is 5.74. The first kappa shape index (κ1) is 15.5. The Labute approximate surface area is 128 Å². The molecule has 0 atom stereocenters. The summed E-state index contributed by atoms with van der Waals surface area (Å²) in [6.07, 6.45) is 1.12. The second-order valence-electron chi connectivity index (χ2n) is 4.58. The fraction of sp³-hybridized carbons (Fsp3) is 0.133. The van der Waals surface area contributed by atoms with Crippen LogP contribution in [0.5, 0.6) is 0 Å². The first-order valence-corrected chi connectivity index (χ1v) is 8.59. The minimum atomic E-state index is -3.26. The topological polar surface area (TPSA) is 63.2 Å². The van der Waals surface area contributed by atoms with Gasteiger partial charge in [0.1, 0.15) is 0 Å². The second-order valence-corrected chi connectivity index (χ2v) is 6.87. The van der Waals surface area contributed by atoms with Crippen LogP contribution in [0.25, 0.3) is 0 Å². The van der Waals surface area contributed by atoms with Crippen LogP contribution in [0.2, 0.25) is 0 Å². The Kier molecular flexibility index (Phi) is 4.65. The molecule has 0 aliphatic heterocycles. The number of hydrogen-bond donors (Lipinski definition) is 1. The molecule has 0 unspecified atom stereocenters. The molecule has 1 amide bonds. The van der Waals surface area contributed by atoms with Gasteiger partial charge in [-0.2, -0.15) is 0 Å². The Balaban J connectivity index is 2.16. The lowest BCUT2D eigenvalue weighted by Gasteiger charge is -2.07. The van der Waals surface area contributed by atoms with E-state index in [4.69, 9.17) is 11.6 Å². The highest BCUT2D eigenvalue weighted by atomic mass is 35.5. The van der Waals surface area contributed by atoms with Crippen LogP contribution in [0, 0.1) is 0 Å². The van der Waals surface area contributed by atoms with Crippen LogP contribution < -0.4 is 5.32 Å². The summed E-state index contributed by atoms with van der Waals surface area (Å²) in [6.45, 7) is 0. The highest BCUT2D eigenvalue weighted by molar-refractivity contribution is 7.90. The Morgan fingerprint density at radius 2 is 1.81 bits per heavy atom. The van der Waals surface area contributed by atoms with Crippen LogP contribution in [0.15, 0.2) is 53.4 Å². The molecule has 0 heterocycles. The summed E-state index contributed by atoms with van der Waals surface area (Å²) < 4.78 is 22.7. The first-order valence-electron chi connectivity index (χ1n) is 6.16. The van der Waals surface area contributed by atoms with Gasteiger partial charge in [0, 0.05) is 23.4 Å². The number of benzene rings is 2. The predicted octanol–water partition coefficient (Wildman–Crippen LogP) is 3.08. The lowest BCUT2D eigenvalue weighted by molar-refractivity contribution is 0.102. The predicted molar refractivity (Wildman–Crippen MR) is 83.5 cm³/mol. The van der Waals surface area contributed by atoms with Gasteiger partial charge in [0.05, 0.1) is 4.90 Å².